The first-order valence-electron chi connectivity index (χ1n) is 4.35. The van der Waals surface area contributed by atoms with Crippen LogP contribution in [-0.4, -0.2) is 28.4 Å². The molecule has 0 saturated carbocycles. The molecule has 0 aromatic heterocycles. The van der Waals surface area contributed by atoms with E-state index in [4.69, 9.17) is 0 Å². The normalized spacial score (nSPS) is 14.8. The van der Waals surface area contributed by atoms with Crippen LogP contribution in [0.5, 0.6) is 5.75 Å². The topological polar surface area (TPSA) is 57.6 Å². The lowest BCUT2D eigenvalue weighted by Crippen LogP contribution is -2.29. The minimum atomic E-state index is -0.411. The van der Waals surface area contributed by atoms with Crippen molar-refractivity contribution in [2.75, 3.05) is 6.54 Å². The number of imide groups is 1. The molecule has 0 radical (unpaired) electrons. The molecule has 72 valence electrons. The Labute approximate surface area is 80.8 Å². The largest absolute Gasteiger partial charge is 0.507 e. The zero-order valence-corrected chi connectivity index (χ0v) is 7.65. The molecular formula is C10H9NO3. The van der Waals surface area contributed by atoms with Gasteiger partial charge in [-0.3, -0.25) is 14.5 Å². The van der Waals surface area contributed by atoms with Crippen LogP contribution >= 0.6 is 0 Å². The number of benzene rings is 1. The number of phenols is 1. The summed E-state index contributed by atoms with van der Waals surface area (Å²) < 4.78 is 0. The molecule has 0 unspecified atom stereocenters. The van der Waals surface area contributed by atoms with Crippen LogP contribution < -0.4 is 0 Å². The van der Waals surface area contributed by atoms with Gasteiger partial charge in [-0.05, 0) is 19.1 Å². The van der Waals surface area contributed by atoms with Crippen LogP contribution in [0.3, 0.4) is 0 Å². The van der Waals surface area contributed by atoms with E-state index in [2.05, 4.69) is 0 Å². The lowest BCUT2D eigenvalue weighted by molar-refractivity contribution is 0.0662. The van der Waals surface area contributed by atoms with Gasteiger partial charge >= 0.3 is 0 Å². The van der Waals surface area contributed by atoms with Crippen molar-refractivity contribution in [2.45, 2.75) is 6.92 Å². The minimum absolute atomic E-state index is 0.124. The van der Waals surface area contributed by atoms with E-state index in [0.29, 0.717) is 6.54 Å². The molecule has 0 fully saturated rings. The molecule has 1 aliphatic rings. The van der Waals surface area contributed by atoms with E-state index in [9.17, 15) is 14.7 Å². The zero-order valence-electron chi connectivity index (χ0n) is 7.65. The Balaban J connectivity index is 2.64. The number of rotatable bonds is 1. The molecular weight excluding hydrogens is 182 g/mol. The van der Waals surface area contributed by atoms with Crippen LogP contribution in [0.1, 0.15) is 27.6 Å². The second-order valence-electron chi connectivity index (χ2n) is 3.05. The Kier molecular flexibility index (Phi) is 1.77. The van der Waals surface area contributed by atoms with Crippen molar-refractivity contribution in [2.24, 2.45) is 0 Å². The van der Waals surface area contributed by atoms with Crippen molar-refractivity contribution in [3.05, 3.63) is 29.3 Å². The predicted molar refractivity (Wildman–Crippen MR) is 49.1 cm³/mol. The number of fused-ring (bicyclic) bond motifs is 1. The first-order chi connectivity index (χ1) is 6.66. The van der Waals surface area contributed by atoms with Gasteiger partial charge in [-0.1, -0.05) is 6.07 Å². The van der Waals surface area contributed by atoms with E-state index in [-0.39, 0.29) is 22.8 Å². The van der Waals surface area contributed by atoms with Gasteiger partial charge in [-0.15, -0.1) is 0 Å². The van der Waals surface area contributed by atoms with Crippen molar-refractivity contribution in [1.29, 1.82) is 0 Å². The van der Waals surface area contributed by atoms with Crippen molar-refractivity contribution in [1.82, 2.24) is 4.90 Å². The summed E-state index contributed by atoms with van der Waals surface area (Å²) in [5.41, 5.74) is 0.413. The summed E-state index contributed by atoms with van der Waals surface area (Å²) in [5, 5.41) is 9.43. The summed E-state index contributed by atoms with van der Waals surface area (Å²) in [6.07, 6.45) is 0. The molecule has 0 aliphatic carbocycles. The van der Waals surface area contributed by atoms with Gasteiger partial charge in [0.15, 0.2) is 0 Å². The minimum Gasteiger partial charge on any atom is -0.507 e. The van der Waals surface area contributed by atoms with Crippen LogP contribution in [0, 0.1) is 0 Å². The number of nitrogens with zero attached hydrogens (tertiary/aromatic N) is 1. The quantitative estimate of drug-likeness (QED) is 0.674. The van der Waals surface area contributed by atoms with E-state index >= 15 is 0 Å². The van der Waals surface area contributed by atoms with Gasteiger partial charge in [-0.25, -0.2) is 0 Å². The first-order valence-corrected chi connectivity index (χ1v) is 4.35. The van der Waals surface area contributed by atoms with Crippen LogP contribution in [0.4, 0.5) is 0 Å². The molecule has 2 rings (SSSR count). The van der Waals surface area contributed by atoms with Gasteiger partial charge < -0.3 is 5.11 Å². The lowest BCUT2D eigenvalue weighted by atomic mass is 10.1. The molecule has 4 nitrogen and oxygen atoms in total. The summed E-state index contributed by atoms with van der Waals surface area (Å²) in [7, 11) is 0. The summed E-state index contributed by atoms with van der Waals surface area (Å²) in [4.78, 5) is 24.3. The van der Waals surface area contributed by atoms with Gasteiger partial charge in [0, 0.05) is 6.54 Å². The fourth-order valence-electron chi connectivity index (χ4n) is 1.60. The number of carbonyl (C=O) groups is 2. The number of aromatic hydroxyl groups is 1. The highest BCUT2D eigenvalue weighted by Crippen LogP contribution is 2.29. The molecule has 14 heavy (non-hydrogen) atoms. The first kappa shape index (κ1) is 8.74. The molecule has 1 aromatic rings. The molecule has 4 heteroatoms. The molecule has 0 saturated heterocycles. The number of hydrogen-bond acceptors (Lipinski definition) is 3. The SMILES string of the molecule is CCN1C(=O)c2cccc(O)c2C1=O. The molecule has 2 amide bonds. The van der Waals surface area contributed by atoms with Crippen molar-refractivity contribution in [3.63, 3.8) is 0 Å². The summed E-state index contributed by atoms with van der Waals surface area (Å²) in [5.74, 6) is -0.870. The standard InChI is InChI=1S/C10H9NO3/c1-2-11-9(13)6-4-3-5-7(12)8(6)10(11)14/h3-5,12H,2H2,1H3. The molecule has 0 spiro atoms. The molecule has 1 aromatic carbocycles. The van der Waals surface area contributed by atoms with E-state index in [0.717, 1.165) is 4.90 Å². The van der Waals surface area contributed by atoms with Crippen LogP contribution in [0.25, 0.3) is 0 Å². The smallest absolute Gasteiger partial charge is 0.265 e. The second kappa shape index (κ2) is 2.83. The monoisotopic (exact) mass is 191 g/mol. The van der Waals surface area contributed by atoms with Gasteiger partial charge in [0.1, 0.15) is 5.75 Å². The number of amides is 2. The fraction of sp³-hybridized carbons (Fsp3) is 0.200. The maximum atomic E-state index is 11.6. The average molecular weight is 191 g/mol. The molecule has 1 N–H and O–H groups in total. The fourth-order valence-corrected chi connectivity index (χ4v) is 1.60. The van der Waals surface area contributed by atoms with Crippen LogP contribution in [0.2, 0.25) is 0 Å². The van der Waals surface area contributed by atoms with Crippen molar-refractivity contribution in [3.8, 4) is 5.75 Å². The highest BCUT2D eigenvalue weighted by molar-refractivity contribution is 6.22. The third kappa shape index (κ3) is 0.937. The third-order valence-corrected chi connectivity index (χ3v) is 2.29. The Morgan fingerprint density at radius 3 is 2.57 bits per heavy atom. The van der Waals surface area contributed by atoms with Gasteiger partial charge in [-0.2, -0.15) is 0 Å². The zero-order chi connectivity index (χ0) is 10.3. The van der Waals surface area contributed by atoms with E-state index in [1.54, 1.807) is 19.1 Å². The molecule has 0 bridgehead atoms. The maximum absolute atomic E-state index is 11.6. The molecule has 1 heterocycles. The van der Waals surface area contributed by atoms with Gasteiger partial charge in [0.25, 0.3) is 11.8 Å². The van der Waals surface area contributed by atoms with Crippen LogP contribution in [0.15, 0.2) is 18.2 Å². The van der Waals surface area contributed by atoms with Gasteiger partial charge in [0.05, 0.1) is 11.1 Å². The third-order valence-electron chi connectivity index (χ3n) is 2.29. The van der Waals surface area contributed by atoms with Crippen LogP contribution in [-0.2, 0) is 0 Å². The summed E-state index contributed by atoms with van der Waals surface area (Å²) >= 11 is 0. The number of hydrogen-bond donors (Lipinski definition) is 1. The van der Waals surface area contributed by atoms with E-state index < -0.39 is 5.91 Å². The molecule has 1 aliphatic heterocycles. The summed E-state index contributed by atoms with van der Waals surface area (Å²) in [6, 6.07) is 4.51. The average Bonchev–Trinajstić information content (AvgIpc) is 2.41. The summed E-state index contributed by atoms with van der Waals surface area (Å²) in [6.45, 7) is 2.05. The highest BCUT2D eigenvalue weighted by atomic mass is 16.3. The number of carbonyl (C=O) groups excluding carboxylic acids is 2. The number of phenolic OH excluding ortho intramolecular Hbond substituents is 1. The molecule has 0 atom stereocenters. The van der Waals surface area contributed by atoms with Gasteiger partial charge in [0.2, 0.25) is 0 Å². The van der Waals surface area contributed by atoms with Crippen molar-refractivity contribution >= 4 is 11.8 Å². The Hall–Kier alpha value is -1.84. The van der Waals surface area contributed by atoms with E-state index in [1.807, 2.05) is 0 Å². The second-order valence-corrected chi connectivity index (χ2v) is 3.05. The van der Waals surface area contributed by atoms with Crippen molar-refractivity contribution < 1.29 is 14.7 Å². The Morgan fingerprint density at radius 2 is 2.00 bits per heavy atom. The Morgan fingerprint density at radius 1 is 1.29 bits per heavy atom. The maximum Gasteiger partial charge on any atom is 0.265 e. The highest BCUT2D eigenvalue weighted by Gasteiger charge is 2.36. The predicted octanol–water partition coefficient (Wildman–Crippen LogP) is 1.01. The Bertz CT molecular complexity index is 425. The van der Waals surface area contributed by atoms with E-state index in [1.165, 1.54) is 6.07 Å². The lowest BCUT2D eigenvalue weighted by Gasteiger charge is -2.08.